The van der Waals surface area contributed by atoms with E-state index in [2.05, 4.69) is 15.4 Å². The topological polar surface area (TPSA) is 119 Å². The number of phenolic OH excluding ortho intramolecular Hbond substituents is 2. The minimum atomic E-state index is -0.373. The van der Waals surface area contributed by atoms with Gasteiger partial charge in [-0.1, -0.05) is 43.3 Å². The number of nitrogens with one attached hydrogen (secondary N) is 1. The minimum Gasteiger partial charge on any atom is -0.508 e. The van der Waals surface area contributed by atoms with Gasteiger partial charge in [-0.05, 0) is 35.6 Å². The van der Waals surface area contributed by atoms with E-state index in [9.17, 15) is 19.8 Å². The molecule has 1 fully saturated rings. The van der Waals surface area contributed by atoms with E-state index in [1.165, 1.54) is 6.07 Å². The summed E-state index contributed by atoms with van der Waals surface area (Å²) >= 11 is 0. The first kappa shape index (κ1) is 25.2. The van der Waals surface area contributed by atoms with Crippen molar-refractivity contribution < 1.29 is 24.3 Å². The summed E-state index contributed by atoms with van der Waals surface area (Å²) in [7, 11) is 0. The Balaban J connectivity index is 1.70. The van der Waals surface area contributed by atoms with Gasteiger partial charge >= 0.3 is 0 Å². The van der Waals surface area contributed by atoms with Gasteiger partial charge in [-0.25, -0.2) is 0 Å². The second-order valence-corrected chi connectivity index (χ2v) is 9.29. The van der Waals surface area contributed by atoms with Gasteiger partial charge in [-0.3, -0.25) is 14.5 Å². The van der Waals surface area contributed by atoms with Gasteiger partial charge in [0.1, 0.15) is 11.5 Å². The van der Waals surface area contributed by atoms with Crippen LogP contribution in [0.2, 0.25) is 0 Å². The van der Waals surface area contributed by atoms with Crippen molar-refractivity contribution in [2.24, 2.45) is 0 Å². The van der Waals surface area contributed by atoms with Crippen LogP contribution in [0.3, 0.4) is 0 Å². The van der Waals surface area contributed by atoms with Gasteiger partial charge in [0.2, 0.25) is 6.41 Å². The minimum absolute atomic E-state index is 0.00501. The van der Waals surface area contributed by atoms with Crippen LogP contribution in [-0.4, -0.2) is 70.2 Å². The number of aromatic hydroxyl groups is 2. The maximum atomic E-state index is 12.8. The largest absolute Gasteiger partial charge is 0.508 e. The van der Waals surface area contributed by atoms with Gasteiger partial charge in [-0.2, -0.15) is 0 Å². The molecule has 0 aliphatic carbocycles. The third-order valence-corrected chi connectivity index (χ3v) is 6.46. The van der Waals surface area contributed by atoms with E-state index in [0.29, 0.717) is 23.2 Å². The van der Waals surface area contributed by atoms with Crippen molar-refractivity contribution in [1.82, 2.24) is 20.3 Å². The molecule has 1 saturated heterocycles. The molecule has 2 heterocycles. The number of hydrogen-bond donors (Lipinski definition) is 3. The summed E-state index contributed by atoms with van der Waals surface area (Å²) in [5.74, 6) is -0.279. The maximum Gasteiger partial charge on any atom is 0.274 e. The molecule has 2 amide bonds. The maximum absolute atomic E-state index is 12.8. The molecule has 0 saturated carbocycles. The summed E-state index contributed by atoms with van der Waals surface area (Å²) in [4.78, 5) is 27.8. The van der Waals surface area contributed by atoms with Gasteiger partial charge in [-0.15, -0.1) is 0 Å². The van der Waals surface area contributed by atoms with Crippen LogP contribution in [0.4, 0.5) is 0 Å². The van der Waals surface area contributed by atoms with Crippen molar-refractivity contribution in [3.63, 3.8) is 0 Å². The Morgan fingerprint density at radius 1 is 1.11 bits per heavy atom. The third-order valence-electron chi connectivity index (χ3n) is 6.46. The Morgan fingerprint density at radius 3 is 2.42 bits per heavy atom. The summed E-state index contributed by atoms with van der Waals surface area (Å²) in [6, 6.07) is 10.8. The number of rotatable bonds is 8. The third kappa shape index (κ3) is 5.21. The van der Waals surface area contributed by atoms with E-state index in [4.69, 9.17) is 4.52 Å². The van der Waals surface area contributed by atoms with Crippen LogP contribution < -0.4 is 5.32 Å². The van der Waals surface area contributed by atoms with Gasteiger partial charge < -0.3 is 25.0 Å². The summed E-state index contributed by atoms with van der Waals surface area (Å²) in [6.07, 6.45) is 0.894. The molecule has 4 rings (SSSR count). The first-order chi connectivity index (χ1) is 17.3. The lowest BCUT2D eigenvalue weighted by atomic mass is 9.94. The van der Waals surface area contributed by atoms with Crippen molar-refractivity contribution in [2.45, 2.75) is 33.2 Å². The Kier molecular flexibility index (Phi) is 7.59. The van der Waals surface area contributed by atoms with Crippen molar-refractivity contribution in [1.29, 1.82) is 0 Å². The van der Waals surface area contributed by atoms with Crippen LogP contribution in [0.25, 0.3) is 22.5 Å². The lowest BCUT2D eigenvalue weighted by Crippen LogP contribution is -2.45. The number of aromatic nitrogens is 1. The van der Waals surface area contributed by atoms with Gasteiger partial charge in [0.05, 0.1) is 11.1 Å². The van der Waals surface area contributed by atoms with E-state index in [1.807, 2.05) is 45.0 Å². The van der Waals surface area contributed by atoms with Gasteiger partial charge in [0.15, 0.2) is 11.5 Å². The van der Waals surface area contributed by atoms with E-state index in [0.717, 1.165) is 50.3 Å². The molecule has 2 aromatic carbocycles. The quantitative estimate of drug-likeness (QED) is 0.411. The first-order valence-electron chi connectivity index (χ1n) is 12.2. The summed E-state index contributed by atoms with van der Waals surface area (Å²) in [5, 5.41) is 27.8. The smallest absolute Gasteiger partial charge is 0.274 e. The number of benzene rings is 2. The average Bonchev–Trinajstić information content (AvgIpc) is 3.30. The molecular formula is C27H32N4O5. The standard InChI is InChI=1S/C27H32N4O5/c1-4-28-27(35)25-24(26(36-29-25)21-13-20(17(2)3)22(33)14-23(21)34)19-7-5-18(6-8-19)15-30-9-11-31(16-32)12-10-30/h5-8,13-14,16-17,33-34H,4,9-12,15H2,1-3H3,(H,28,35). The highest BCUT2D eigenvalue weighted by atomic mass is 16.5. The molecule has 3 N–H and O–H groups in total. The fourth-order valence-corrected chi connectivity index (χ4v) is 4.44. The second kappa shape index (κ2) is 10.8. The fourth-order valence-electron chi connectivity index (χ4n) is 4.44. The Hall–Kier alpha value is -3.85. The first-order valence-corrected chi connectivity index (χ1v) is 12.2. The molecule has 190 valence electrons. The normalized spacial score (nSPS) is 14.3. The van der Waals surface area contributed by atoms with E-state index in [1.54, 1.807) is 11.0 Å². The van der Waals surface area contributed by atoms with Gasteiger partial charge in [0.25, 0.3) is 5.91 Å². The number of piperazine rings is 1. The monoisotopic (exact) mass is 492 g/mol. The Labute approximate surface area is 210 Å². The molecule has 3 aromatic rings. The fraction of sp³-hybridized carbons (Fsp3) is 0.370. The lowest BCUT2D eigenvalue weighted by Gasteiger charge is -2.32. The van der Waals surface area contributed by atoms with Crippen LogP contribution in [0.1, 0.15) is 48.3 Å². The second-order valence-electron chi connectivity index (χ2n) is 9.29. The number of amides is 2. The highest BCUT2D eigenvalue weighted by Gasteiger charge is 2.27. The van der Waals surface area contributed by atoms with Gasteiger partial charge in [0, 0.05) is 45.3 Å². The number of phenols is 2. The van der Waals surface area contributed by atoms with Crippen molar-refractivity contribution >= 4 is 12.3 Å². The molecule has 0 bridgehead atoms. The van der Waals surface area contributed by atoms with Crippen molar-refractivity contribution in [3.8, 4) is 33.9 Å². The highest BCUT2D eigenvalue weighted by molar-refractivity contribution is 6.02. The number of nitrogens with zero attached hydrogens (tertiary/aromatic N) is 3. The Morgan fingerprint density at radius 2 is 1.81 bits per heavy atom. The molecule has 1 aromatic heterocycles. The van der Waals surface area contributed by atoms with E-state index < -0.39 is 0 Å². The lowest BCUT2D eigenvalue weighted by molar-refractivity contribution is -0.119. The molecule has 0 atom stereocenters. The van der Waals surface area contributed by atoms with Crippen LogP contribution in [0.15, 0.2) is 40.9 Å². The van der Waals surface area contributed by atoms with E-state index in [-0.39, 0.29) is 34.8 Å². The molecular weight excluding hydrogens is 460 g/mol. The zero-order chi connectivity index (χ0) is 25.8. The molecule has 36 heavy (non-hydrogen) atoms. The van der Waals surface area contributed by atoms with E-state index >= 15 is 0 Å². The highest BCUT2D eigenvalue weighted by Crippen LogP contribution is 2.43. The molecule has 9 heteroatoms. The molecule has 9 nitrogen and oxygen atoms in total. The average molecular weight is 493 g/mol. The number of carbonyl (C=O) groups excluding carboxylic acids is 2. The molecule has 0 unspecified atom stereocenters. The molecule has 0 spiro atoms. The Bertz CT molecular complexity index is 1230. The van der Waals surface area contributed by atoms with Crippen molar-refractivity contribution in [2.75, 3.05) is 32.7 Å². The number of hydrogen-bond acceptors (Lipinski definition) is 7. The summed E-state index contributed by atoms with van der Waals surface area (Å²) in [5.41, 5.74) is 3.43. The van der Waals surface area contributed by atoms with Crippen LogP contribution in [0, 0.1) is 0 Å². The SMILES string of the molecule is CCNC(=O)c1noc(-c2cc(C(C)C)c(O)cc2O)c1-c1ccc(CN2CCN(C=O)CC2)cc1. The summed E-state index contributed by atoms with van der Waals surface area (Å²) < 4.78 is 5.64. The predicted octanol–water partition coefficient (Wildman–Crippen LogP) is 3.57. The summed E-state index contributed by atoms with van der Waals surface area (Å²) in [6.45, 7) is 9.95. The van der Waals surface area contributed by atoms with Crippen LogP contribution in [-0.2, 0) is 11.3 Å². The molecule has 0 radical (unpaired) electrons. The van der Waals surface area contributed by atoms with Crippen LogP contribution >= 0.6 is 0 Å². The zero-order valence-corrected chi connectivity index (χ0v) is 20.8. The predicted molar refractivity (Wildman–Crippen MR) is 136 cm³/mol. The molecule has 1 aliphatic heterocycles. The zero-order valence-electron chi connectivity index (χ0n) is 20.8. The van der Waals surface area contributed by atoms with Crippen molar-refractivity contribution in [3.05, 3.63) is 53.2 Å². The number of carbonyl (C=O) groups is 2. The van der Waals surface area contributed by atoms with Crippen LogP contribution in [0.5, 0.6) is 11.5 Å². The molecule has 1 aliphatic rings.